The van der Waals surface area contributed by atoms with Crippen molar-refractivity contribution in [3.05, 3.63) is 53.5 Å². The summed E-state index contributed by atoms with van der Waals surface area (Å²) >= 11 is 0. The number of aromatic nitrogens is 1. The highest BCUT2D eigenvalue weighted by Gasteiger charge is 2.26. The Morgan fingerprint density at radius 1 is 1.22 bits per heavy atom. The van der Waals surface area contributed by atoms with Crippen LogP contribution in [0.4, 0.5) is 4.39 Å². The second-order valence-corrected chi connectivity index (χ2v) is 8.62. The standard InChI is InChI=1S/C25H29FN2O4/c1-16(15-31-22-7-4-19(17(2)29)12-24(22)30-3)14-28-10-8-18(9-11-28)25-21-6-5-20(26)13-23(21)32-27-25/h4-7,12-13,16,18H,8-11,14-15H2,1-3H3. The number of hydrogen-bond acceptors (Lipinski definition) is 6. The Morgan fingerprint density at radius 3 is 2.72 bits per heavy atom. The third kappa shape index (κ3) is 4.93. The van der Waals surface area contributed by atoms with E-state index >= 15 is 0 Å². The van der Waals surface area contributed by atoms with Crippen LogP contribution in [0.5, 0.6) is 11.5 Å². The van der Waals surface area contributed by atoms with Gasteiger partial charge in [0, 0.05) is 35.4 Å². The summed E-state index contributed by atoms with van der Waals surface area (Å²) in [4.78, 5) is 14.0. The summed E-state index contributed by atoms with van der Waals surface area (Å²) in [6, 6.07) is 9.89. The molecule has 1 aromatic heterocycles. The normalized spacial score (nSPS) is 16.2. The summed E-state index contributed by atoms with van der Waals surface area (Å²) in [5.41, 5.74) is 2.06. The molecule has 0 saturated carbocycles. The molecule has 7 heteroatoms. The Kier molecular flexibility index (Phi) is 6.74. The number of ketones is 1. The van der Waals surface area contributed by atoms with Gasteiger partial charge in [-0.25, -0.2) is 4.39 Å². The van der Waals surface area contributed by atoms with Gasteiger partial charge in [-0.15, -0.1) is 0 Å². The van der Waals surface area contributed by atoms with Gasteiger partial charge in [0.15, 0.2) is 22.9 Å². The van der Waals surface area contributed by atoms with E-state index in [-0.39, 0.29) is 11.6 Å². The molecule has 3 aromatic rings. The molecule has 6 nitrogen and oxygen atoms in total. The fourth-order valence-corrected chi connectivity index (χ4v) is 4.35. The molecular weight excluding hydrogens is 411 g/mol. The van der Waals surface area contributed by atoms with E-state index in [1.807, 2.05) is 0 Å². The number of carbonyl (C=O) groups excluding carboxylic acids is 1. The zero-order valence-corrected chi connectivity index (χ0v) is 18.8. The van der Waals surface area contributed by atoms with Crippen LogP contribution >= 0.6 is 0 Å². The predicted octanol–water partition coefficient (Wildman–Crippen LogP) is 5.07. The Bertz CT molecular complexity index is 1090. The van der Waals surface area contributed by atoms with Gasteiger partial charge in [-0.2, -0.15) is 0 Å². The summed E-state index contributed by atoms with van der Waals surface area (Å²) in [7, 11) is 1.58. The molecule has 1 saturated heterocycles. The Hall–Kier alpha value is -2.93. The van der Waals surface area contributed by atoms with Crippen LogP contribution in [0.25, 0.3) is 11.0 Å². The number of rotatable bonds is 8. The number of benzene rings is 2. The summed E-state index contributed by atoms with van der Waals surface area (Å²) in [6.07, 6.45) is 1.99. The largest absolute Gasteiger partial charge is 0.493 e. The molecule has 170 valence electrons. The number of Topliss-reactive ketones (excluding diaryl/α,β-unsaturated/α-hetero) is 1. The van der Waals surface area contributed by atoms with Gasteiger partial charge in [-0.3, -0.25) is 4.79 Å². The van der Waals surface area contributed by atoms with Crippen molar-refractivity contribution in [1.29, 1.82) is 0 Å². The van der Waals surface area contributed by atoms with Crippen LogP contribution in [0.2, 0.25) is 0 Å². The van der Waals surface area contributed by atoms with Crippen LogP contribution in [0.3, 0.4) is 0 Å². The predicted molar refractivity (Wildman–Crippen MR) is 120 cm³/mol. The minimum atomic E-state index is -0.307. The van der Waals surface area contributed by atoms with Crippen molar-refractivity contribution >= 4 is 16.8 Å². The number of carbonyl (C=O) groups is 1. The molecule has 2 aromatic carbocycles. The van der Waals surface area contributed by atoms with Crippen molar-refractivity contribution in [3.63, 3.8) is 0 Å². The summed E-state index contributed by atoms with van der Waals surface area (Å²) in [5, 5.41) is 5.14. The molecule has 0 N–H and O–H groups in total. The van der Waals surface area contributed by atoms with Crippen molar-refractivity contribution in [1.82, 2.24) is 10.1 Å². The van der Waals surface area contributed by atoms with Crippen LogP contribution in [-0.4, -0.2) is 49.2 Å². The third-order valence-electron chi connectivity index (χ3n) is 6.10. The van der Waals surface area contributed by atoms with Gasteiger partial charge in [-0.05, 0) is 63.2 Å². The molecule has 4 rings (SSSR count). The number of halogens is 1. The minimum absolute atomic E-state index is 0.00241. The number of fused-ring (bicyclic) bond motifs is 1. The summed E-state index contributed by atoms with van der Waals surface area (Å²) in [5.74, 6) is 1.58. The first-order chi connectivity index (χ1) is 15.4. The molecule has 1 fully saturated rings. The number of nitrogens with zero attached hydrogens (tertiary/aromatic N) is 2. The van der Waals surface area contributed by atoms with E-state index in [1.165, 1.54) is 19.1 Å². The molecule has 2 heterocycles. The molecule has 0 radical (unpaired) electrons. The average Bonchev–Trinajstić information content (AvgIpc) is 3.21. The zero-order valence-electron chi connectivity index (χ0n) is 18.8. The van der Waals surface area contributed by atoms with E-state index in [1.54, 1.807) is 31.4 Å². The molecule has 32 heavy (non-hydrogen) atoms. The van der Waals surface area contributed by atoms with Gasteiger partial charge in [0.1, 0.15) is 5.82 Å². The van der Waals surface area contributed by atoms with Crippen molar-refractivity contribution < 1.29 is 23.2 Å². The molecule has 1 aliphatic rings. The quantitative estimate of drug-likeness (QED) is 0.456. The van der Waals surface area contributed by atoms with E-state index in [2.05, 4.69) is 17.0 Å². The number of ether oxygens (including phenoxy) is 2. The second kappa shape index (κ2) is 9.69. The smallest absolute Gasteiger partial charge is 0.170 e. The van der Waals surface area contributed by atoms with Crippen molar-refractivity contribution in [2.24, 2.45) is 5.92 Å². The first-order valence-corrected chi connectivity index (χ1v) is 11.0. The van der Waals surface area contributed by atoms with Crippen molar-refractivity contribution in [3.8, 4) is 11.5 Å². The fraction of sp³-hybridized carbons (Fsp3) is 0.440. The third-order valence-corrected chi connectivity index (χ3v) is 6.10. The van der Waals surface area contributed by atoms with Crippen LogP contribution in [0.15, 0.2) is 40.9 Å². The lowest BCUT2D eigenvalue weighted by molar-refractivity contribution is 0.101. The Balaban J connectivity index is 1.28. The van der Waals surface area contributed by atoms with E-state index in [4.69, 9.17) is 14.0 Å². The first kappa shape index (κ1) is 22.3. The van der Waals surface area contributed by atoms with E-state index in [9.17, 15) is 9.18 Å². The fourth-order valence-electron chi connectivity index (χ4n) is 4.35. The average molecular weight is 441 g/mol. The zero-order chi connectivity index (χ0) is 22.7. The Morgan fingerprint density at radius 2 is 2.00 bits per heavy atom. The summed E-state index contributed by atoms with van der Waals surface area (Å²) in [6.45, 7) is 7.15. The van der Waals surface area contributed by atoms with Crippen LogP contribution in [0.1, 0.15) is 48.7 Å². The highest BCUT2D eigenvalue weighted by molar-refractivity contribution is 5.94. The molecular formula is C25H29FN2O4. The minimum Gasteiger partial charge on any atom is -0.493 e. The number of piperidine rings is 1. The topological polar surface area (TPSA) is 64.8 Å². The maximum atomic E-state index is 13.4. The summed E-state index contributed by atoms with van der Waals surface area (Å²) < 4.78 is 30.1. The van der Waals surface area contributed by atoms with E-state index in [0.717, 1.165) is 43.6 Å². The number of hydrogen-bond donors (Lipinski definition) is 0. The van der Waals surface area contributed by atoms with Crippen LogP contribution < -0.4 is 9.47 Å². The molecule has 1 atom stereocenters. The van der Waals surface area contributed by atoms with Crippen LogP contribution in [0, 0.1) is 11.7 Å². The van der Waals surface area contributed by atoms with E-state index in [0.29, 0.717) is 41.1 Å². The van der Waals surface area contributed by atoms with Gasteiger partial charge < -0.3 is 18.9 Å². The van der Waals surface area contributed by atoms with Gasteiger partial charge >= 0.3 is 0 Å². The highest BCUT2D eigenvalue weighted by atomic mass is 19.1. The Labute approximate surface area is 187 Å². The lowest BCUT2D eigenvalue weighted by atomic mass is 9.91. The lowest BCUT2D eigenvalue weighted by Gasteiger charge is -2.32. The van der Waals surface area contributed by atoms with Gasteiger partial charge in [-0.1, -0.05) is 12.1 Å². The number of likely N-dealkylation sites (tertiary alicyclic amines) is 1. The molecule has 1 aliphatic heterocycles. The molecule has 0 bridgehead atoms. The van der Waals surface area contributed by atoms with Gasteiger partial charge in [0.2, 0.25) is 0 Å². The molecule has 0 spiro atoms. The maximum Gasteiger partial charge on any atom is 0.170 e. The van der Waals surface area contributed by atoms with Gasteiger partial charge in [0.25, 0.3) is 0 Å². The highest BCUT2D eigenvalue weighted by Crippen LogP contribution is 2.33. The molecule has 0 aliphatic carbocycles. The van der Waals surface area contributed by atoms with Gasteiger partial charge in [0.05, 0.1) is 19.4 Å². The second-order valence-electron chi connectivity index (χ2n) is 8.62. The SMILES string of the molecule is COc1cc(C(C)=O)ccc1OCC(C)CN1CCC(c2noc3cc(F)ccc23)CC1. The van der Waals surface area contributed by atoms with Crippen molar-refractivity contribution in [2.45, 2.75) is 32.6 Å². The number of methoxy groups -OCH3 is 1. The van der Waals surface area contributed by atoms with E-state index < -0.39 is 0 Å². The lowest BCUT2D eigenvalue weighted by Crippen LogP contribution is -2.37. The molecule has 0 amide bonds. The van der Waals surface area contributed by atoms with Crippen molar-refractivity contribution in [2.75, 3.05) is 33.4 Å². The molecule has 1 unspecified atom stereocenters. The van der Waals surface area contributed by atoms with Crippen LogP contribution in [-0.2, 0) is 0 Å². The maximum absolute atomic E-state index is 13.4. The monoisotopic (exact) mass is 440 g/mol. The first-order valence-electron chi connectivity index (χ1n) is 11.0.